The van der Waals surface area contributed by atoms with Crippen LogP contribution < -0.4 is 15.0 Å². The number of ether oxygens (including phenoxy) is 1. The number of nitrogens with one attached hydrogen (secondary N) is 1. The molecule has 0 amide bonds. The third-order valence-electron chi connectivity index (χ3n) is 3.58. The van der Waals surface area contributed by atoms with Crippen LogP contribution in [0.4, 0.5) is 5.69 Å². The quantitative estimate of drug-likeness (QED) is 0.845. The first kappa shape index (κ1) is 12.2. The average molecular weight is 234 g/mol. The number of fused-ring (bicyclic) bond motifs is 1. The predicted octanol–water partition coefficient (Wildman–Crippen LogP) is 2.23. The summed E-state index contributed by atoms with van der Waals surface area (Å²) in [5.41, 5.74) is 2.75. The Hall–Kier alpha value is -1.22. The highest BCUT2D eigenvalue weighted by Gasteiger charge is 2.30. The smallest absolute Gasteiger partial charge is 0.124 e. The fraction of sp³-hybridized carbons (Fsp3) is 0.571. The number of anilines is 1. The minimum Gasteiger partial charge on any atom is -0.496 e. The second kappa shape index (κ2) is 5.41. The molecule has 0 fully saturated rings. The van der Waals surface area contributed by atoms with E-state index in [0.717, 1.165) is 25.4 Å². The number of hydrogen-bond acceptors (Lipinski definition) is 3. The largest absolute Gasteiger partial charge is 0.496 e. The first-order valence-corrected chi connectivity index (χ1v) is 6.38. The molecule has 0 bridgehead atoms. The second-order valence-corrected chi connectivity index (χ2v) is 4.52. The van der Waals surface area contributed by atoms with Gasteiger partial charge in [-0.2, -0.15) is 0 Å². The molecule has 0 radical (unpaired) electrons. The van der Waals surface area contributed by atoms with Gasteiger partial charge >= 0.3 is 0 Å². The fourth-order valence-electron chi connectivity index (χ4n) is 2.71. The molecule has 17 heavy (non-hydrogen) atoms. The Balaban J connectivity index is 2.31. The maximum Gasteiger partial charge on any atom is 0.124 e. The van der Waals surface area contributed by atoms with E-state index >= 15 is 0 Å². The van der Waals surface area contributed by atoms with Crippen molar-refractivity contribution in [3.63, 3.8) is 0 Å². The average Bonchev–Trinajstić information content (AvgIpc) is 2.74. The van der Waals surface area contributed by atoms with Gasteiger partial charge in [-0.25, -0.2) is 0 Å². The zero-order chi connectivity index (χ0) is 12.3. The summed E-state index contributed by atoms with van der Waals surface area (Å²) in [6.45, 7) is 5.45. The Morgan fingerprint density at radius 2 is 2.29 bits per heavy atom. The van der Waals surface area contributed by atoms with E-state index in [4.69, 9.17) is 4.74 Å². The Labute approximate surface area is 104 Å². The molecule has 0 aliphatic carbocycles. The highest BCUT2D eigenvalue weighted by atomic mass is 16.5. The summed E-state index contributed by atoms with van der Waals surface area (Å²) in [5.74, 6) is 1.63. The van der Waals surface area contributed by atoms with Gasteiger partial charge in [0.2, 0.25) is 0 Å². The minimum absolute atomic E-state index is 0.591. The lowest BCUT2D eigenvalue weighted by Crippen LogP contribution is -2.22. The van der Waals surface area contributed by atoms with Gasteiger partial charge in [0.1, 0.15) is 5.75 Å². The lowest BCUT2D eigenvalue weighted by atomic mass is 9.97. The van der Waals surface area contributed by atoms with Crippen molar-refractivity contribution in [1.29, 1.82) is 0 Å². The van der Waals surface area contributed by atoms with Crippen LogP contribution in [0.15, 0.2) is 18.2 Å². The van der Waals surface area contributed by atoms with Crippen LogP contribution in [0.2, 0.25) is 0 Å². The second-order valence-electron chi connectivity index (χ2n) is 4.52. The zero-order valence-electron chi connectivity index (χ0n) is 11.0. The molecule has 1 aromatic rings. The van der Waals surface area contributed by atoms with E-state index in [1.807, 2.05) is 7.05 Å². The van der Waals surface area contributed by atoms with Crippen LogP contribution in [0.25, 0.3) is 0 Å². The lowest BCUT2D eigenvalue weighted by Gasteiger charge is -2.17. The molecule has 0 saturated carbocycles. The molecule has 3 nitrogen and oxygen atoms in total. The Morgan fingerprint density at radius 3 is 2.94 bits per heavy atom. The Bertz CT molecular complexity index is 378. The van der Waals surface area contributed by atoms with Crippen LogP contribution in [0.3, 0.4) is 0 Å². The highest BCUT2D eigenvalue weighted by molar-refractivity contribution is 5.65. The molecule has 1 aliphatic rings. The SMILES string of the molecule is CCN1CC(CCNC)c2c(OC)cccc21. The molecule has 0 saturated heterocycles. The van der Waals surface area contributed by atoms with Gasteiger partial charge in [-0.15, -0.1) is 0 Å². The van der Waals surface area contributed by atoms with E-state index in [1.54, 1.807) is 7.11 Å². The van der Waals surface area contributed by atoms with Crippen LogP contribution >= 0.6 is 0 Å². The molecule has 2 rings (SSSR count). The molecule has 1 N–H and O–H groups in total. The van der Waals surface area contributed by atoms with Crippen molar-refractivity contribution in [2.24, 2.45) is 0 Å². The van der Waals surface area contributed by atoms with Crippen LogP contribution in [-0.2, 0) is 0 Å². The molecule has 1 aliphatic heterocycles. The maximum absolute atomic E-state index is 5.51. The number of likely N-dealkylation sites (N-methyl/N-ethyl adjacent to an activating group) is 1. The van der Waals surface area contributed by atoms with Crippen LogP contribution in [-0.4, -0.2) is 33.8 Å². The highest BCUT2D eigenvalue weighted by Crippen LogP contribution is 2.43. The summed E-state index contributed by atoms with van der Waals surface area (Å²) in [4.78, 5) is 2.44. The first-order valence-electron chi connectivity index (χ1n) is 6.38. The molecule has 1 unspecified atom stereocenters. The molecule has 1 atom stereocenters. The number of nitrogens with zero attached hydrogens (tertiary/aromatic N) is 1. The summed E-state index contributed by atoms with van der Waals surface area (Å²) >= 11 is 0. The van der Waals surface area contributed by atoms with E-state index in [0.29, 0.717) is 5.92 Å². The number of benzene rings is 1. The van der Waals surface area contributed by atoms with Crippen molar-refractivity contribution >= 4 is 5.69 Å². The fourth-order valence-corrected chi connectivity index (χ4v) is 2.71. The molecule has 0 spiro atoms. The standard InChI is InChI=1S/C14H22N2O/c1-4-16-10-11(8-9-15-2)14-12(16)6-5-7-13(14)17-3/h5-7,11,15H,4,8-10H2,1-3H3. The van der Waals surface area contributed by atoms with Crippen LogP contribution in [0.5, 0.6) is 5.75 Å². The van der Waals surface area contributed by atoms with Gasteiger partial charge in [-0.3, -0.25) is 0 Å². The third kappa shape index (κ3) is 2.25. The third-order valence-corrected chi connectivity index (χ3v) is 3.58. The number of methoxy groups -OCH3 is 1. The summed E-state index contributed by atoms with van der Waals surface area (Å²) in [6.07, 6.45) is 1.17. The summed E-state index contributed by atoms with van der Waals surface area (Å²) in [6, 6.07) is 6.37. The van der Waals surface area contributed by atoms with Crippen molar-refractivity contribution in [1.82, 2.24) is 5.32 Å². The van der Waals surface area contributed by atoms with E-state index in [-0.39, 0.29) is 0 Å². The van der Waals surface area contributed by atoms with Gasteiger partial charge in [-0.05, 0) is 39.1 Å². The van der Waals surface area contributed by atoms with Crippen molar-refractivity contribution in [3.8, 4) is 5.75 Å². The Kier molecular flexibility index (Phi) is 3.89. The van der Waals surface area contributed by atoms with Gasteiger partial charge in [0.25, 0.3) is 0 Å². The van der Waals surface area contributed by atoms with E-state index < -0.39 is 0 Å². The minimum atomic E-state index is 0.591. The number of rotatable bonds is 5. The molecular weight excluding hydrogens is 212 g/mol. The van der Waals surface area contributed by atoms with Gasteiger partial charge < -0.3 is 15.0 Å². The molecule has 0 aromatic heterocycles. The zero-order valence-corrected chi connectivity index (χ0v) is 11.0. The molecule has 94 valence electrons. The molecular formula is C14H22N2O. The molecule has 1 aromatic carbocycles. The van der Waals surface area contributed by atoms with E-state index in [9.17, 15) is 0 Å². The first-order chi connectivity index (χ1) is 8.31. The van der Waals surface area contributed by atoms with E-state index in [1.165, 1.54) is 17.7 Å². The van der Waals surface area contributed by atoms with Gasteiger partial charge in [0.15, 0.2) is 0 Å². The van der Waals surface area contributed by atoms with Crippen molar-refractivity contribution in [2.45, 2.75) is 19.3 Å². The van der Waals surface area contributed by atoms with Gasteiger partial charge in [0, 0.05) is 30.3 Å². The Morgan fingerprint density at radius 1 is 1.47 bits per heavy atom. The predicted molar refractivity (Wildman–Crippen MR) is 72.2 cm³/mol. The van der Waals surface area contributed by atoms with Crippen molar-refractivity contribution in [2.75, 3.05) is 38.7 Å². The topological polar surface area (TPSA) is 24.5 Å². The summed E-state index contributed by atoms with van der Waals surface area (Å²) in [7, 11) is 3.77. The van der Waals surface area contributed by atoms with Crippen LogP contribution in [0.1, 0.15) is 24.8 Å². The summed E-state index contributed by atoms with van der Waals surface area (Å²) in [5, 5.41) is 3.24. The molecule has 3 heteroatoms. The monoisotopic (exact) mass is 234 g/mol. The lowest BCUT2D eigenvalue weighted by molar-refractivity contribution is 0.406. The van der Waals surface area contributed by atoms with Crippen LogP contribution in [0, 0.1) is 0 Å². The van der Waals surface area contributed by atoms with Gasteiger partial charge in [-0.1, -0.05) is 6.07 Å². The van der Waals surface area contributed by atoms with Crippen molar-refractivity contribution < 1.29 is 4.74 Å². The number of hydrogen-bond donors (Lipinski definition) is 1. The van der Waals surface area contributed by atoms with E-state index in [2.05, 4.69) is 35.3 Å². The maximum atomic E-state index is 5.51. The van der Waals surface area contributed by atoms with Gasteiger partial charge in [0.05, 0.1) is 7.11 Å². The van der Waals surface area contributed by atoms with Crippen molar-refractivity contribution in [3.05, 3.63) is 23.8 Å². The summed E-state index contributed by atoms with van der Waals surface area (Å²) < 4.78 is 5.51. The molecule has 1 heterocycles. The normalized spacial score (nSPS) is 18.3.